The van der Waals surface area contributed by atoms with Gasteiger partial charge in [-0.05, 0) is 31.9 Å². The fraction of sp³-hybridized carbons (Fsp3) is 0.471. The molecule has 1 saturated heterocycles. The van der Waals surface area contributed by atoms with Gasteiger partial charge < -0.3 is 19.0 Å². The van der Waals surface area contributed by atoms with Crippen molar-refractivity contribution in [3.8, 4) is 0 Å². The number of carboxylic acid groups (broad SMARTS) is 1. The molecule has 0 aliphatic carbocycles. The highest BCUT2D eigenvalue weighted by Gasteiger charge is 2.34. The summed E-state index contributed by atoms with van der Waals surface area (Å²) >= 11 is 1.53. The molecule has 2 unspecified atom stereocenters. The number of nitrogens with zero attached hydrogens (tertiary/aromatic N) is 3. The first kappa shape index (κ1) is 17.6. The van der Waals surface area contributed by atoms with Crippen LogP contribution in [0.15, 0.2) is 34.1 Å². The summed E-state index contributed by atoms with van der Waals surface area (Å²) in [6.45, 7) is 2.17. The van der Waals surface area contributed by atoms with Crippen molar-refractivity contribution >= 4 is 23.6 Å². The Morgan fingerprint density at radius 3 is 2.88 bits per heavy atom. The van der Waals surface area contributed by atoms with Crippen molar-refractivity contribution in [1.29, 1.82) is 0 Å². The molecule has 25 heavy (non-hydrogen) atoms. The molecule has 2 aromatic heterocycles. The fourth-order valence-corrected chi connectivity index (χ4v) is 3.76. The zero-order chi connectivity index (χ0) is 18.0. The summed E-state index contributed by atoms with van der Waals surface area (Å²) in [6.07, 6.45) is 4.89. The number of furan rings is 1. The maximum atomic E-state index is 12.7. The van der Waals surface area contributed by atoms with Crippen LogP contribution in [0.5, 0.6) is 0 Å². The van der Waals surface area contributed by atoms with Gasteiger partial charge in [0.1, 0.15) is 5.76 Å². The summed E-state index contributed by atoms with van der Waals surface area (Å²) in [5.41, 5.74) is 0. The van der Waals surface area contributed by atoms with Crippen molar-refractivity contribution in [2.45, 2.75) is 36.7 Å². The van der Waals surface area contributed by atoms with E-state index in [1.165, 1.54) is 11.8 Å². The Morgan fingerprint density at radius 2 is 2.20 bits per heavy atom. The third-order valence-corrected chi connectivity index (χ3v) is 5.57. The molecule has 7 nitrogen and oxygen atoms in total. The number of likely N-dealkylation sites (tertiary alicyclic amines) is 1. The number of carboxylic acids is 1. The Morgan fingerprint density at radius 1 is 1.40 bits per heavy atom. The van der Waals surface area contributed by atoms with Gasteiger partial charge in [0.25, 0.3) is 5.91 Å². The molecule has 0 saturated carbocycles. The SMILES string of the molecule is CC1CCC(C(=O)O)CN1C(=O)c1ccc(CSc2nccn2C)o1. The second-order valence-electron chi connectivity index (χ2n) is 6.29. The average Bonchev–Trinajstić information content (AvgIpc) is 3.21. The van der Waals surface area contributed by atoms with Crippen molar-refractivity contribution in [3.63, 3.8) is 0 Å². The zero-order valence-corrected chi connectivity index (χ0v) is 15.0. The third kappa shape index (κ3) is 3.89. The molecule has 0 aromatic carbocycles. The number of hydrogen-bond donors (Lipinski definition) is 1. The van der Waals surface area contributed by atoms with Gasteiger partial charge in [0.15, 0.2) is 10.9 Å². The molecule has 8 heteroatoms. The number of piperidine rings is 1. The van der Waals surface area contributed by atoms with Crippen molar-refractivity contribution in [3.05, 3.63) is 36.0 Å². The molecule has 1 fully saturated rings. The molecular formula is C17H21N3O4S. The quantitative estimate of drug-likeness (QED) is 0.822. The fourth-order valence-electron chi connectivity index (χ4n) is 2.93. The summed E-state index contributed by atoms with van der Waals surface area (Å²) in [5, 5.41) is 10.1. The van der Waals surface area contributed by atoms with Gasteiger partial charge in [0, 0.05) is 32.0 Å². The Labute approximate surface area is 150 Å². The number of thioether (sulfide) groups is 1. The second-order valence-corrected chi connectivity index (χ2v) is 7.24. The number of aliphatic carboxylic acids is 1. The topological polar surface area (TPSA) is 88.6 Å². The molecule has 3 rings (SSSR count). The lowest BCUT2D eigenvalue weighted by Gasteiger charge is -2.35. The van der Waals surface area contributed by atoms with Crippen LogP contribution < -0.4 is 0 Å². The Balaban J connectivity index is 1.65. The molecule has 2 atom stereocenters. The highest BCUT2D eigenvalue weighted by molar-refractivity contribution is 7.98. The van der Waals surface area contributed by atoms with E-state index in [9.17, 15) is 14.7 Å². The van der Waals surface area contributed by atoms with E-state index in [1.807, 2.05) is 24.7 Å². The minimum Gasteiger partial charge on any atom is -0.481 e. The number of aryl methyl sites for hydroxylation is 1. The highest BCUT2D eigenvalue weighted by atomic mass is 32.2. The van der Waals surface area contributed by atoms with Crippen LogP contribution in [0.1, 0.15) is 36.1 Å². The maximum absolute atomic E-state index is 12.7. The molecule has 1 amide bonds. The van der Waals surface area contributed by atoms with E-state index < -0.39 is 11.9 Å². The first-order chi connectivity index (χ1) is 12.0. The normalized spacial score (nSPS) is 20.6. The van der Waals surface area contributed by atoms with E-state index in [1.54, 1.807) is 23.2 Å². The lowest BCUT2D eigenvalue weighted by molar-refractivity contribution is -0.143. The zero-order valence-electron chi connectivity index (χ0n) is 14.2. The van der Waals surface area contributed by atoms with Crippen LogP contribution >= 0.6 is 11.8 Å². The van der Waals surface area contributed by atoms with Crippen LogP contribution in [0, 0.1) is 5.92 Å². The van der Waals surface area contributed by atoms with Gasteiger partial charge in [-0.15, -0.1) is 0 Å². The molecular weight excluding hydrogens is 342 g/mol. The van der Waals surface area contributed by atoms with Gasteiger partial charge in [-0.1, -0.05) is 11.8 Å². The van der Waals surface area contributed by atoms with Gasteiger partial charge in [-0.3, -0.25) is 9.59 Å². The maximum Gasteiger partial charge on any atom is 0.308 e. The highest BCUT2D eigenvalue weighted by Crippen LogP contribution is 2.26. The van der Waals surface area contributed by atoms with Crippen molar-refractivity contribution in [2.24, 2.45) is 13.0 Å². The van der Waals surface area contributed by atoms with E-state index in [0.29, 0.717) is 24.4 Å². The predicted molar refractivity (Wildman–Crippen MR) is 92.3 cm³/mol. The summed E-state index contributed by atoms with van der Waals surface area (Å²) in [7, 11) is 1.92. The van der Waals surface area contributed by atoms with E-state index in [-0.39, 0.29) is 24.3 Å². The van der Waals surface area contributed by atoms with Gasteiger partial charge in [0.05, 0.1) is 11.7 Å². The molecule has 1 aliphatic rings. The van der Waals surface area contributed by atoms with Crippen molar-refractivity contribution in [2.75, 3.05) is 6.54 Å². The number of hydrogen-bond acceptors (Lipinski definition) is 5. The van der Waals surface area contributed by atoms with Crippen LogP contribution in [0.3, 0.4) is 0 Å². The molecule has 0 radical (unpaired) electrons. The lowest BCUT2D eigenvalue weighted by atomic mass is 9.93. The summed E-state index contributed by atoms with van der Waals surface area (Å²) < 4.78 is 7.60. The molecule has 0 bridgehead atoms. The molecule has 0 spiro atoms. The van der Waals surface area contributed by atoms with Crippen LogP contribution in [0.4, 0.5) is 0 Å². The minimum atomic E-state index is -0.851. The first-order valence-electron chi connectivity index (χ1n) is 8.18. The number of imidazole rings is 1. The first-order valence-corrected chi connectivity index (χ1v) is 9.17. The Bertz CT molecular complexity index is 770. The minimum absolute atomic E-state index is 0.0126. The predicted octanol–water partition coefficient (Wildman–Crippen LogP) is 2.63. The van der Waals surface area contributed by atoms with Crippen molar-refractivity contribution in [1.82, 2.24) is 14.5 Å². The Kier molecular flexibility index (Phi) is 5.17. The Hall–Kier alpha value is -2.22. The standard InChI is InChI=1S/C17H21N3O4S/c1-11-3-4-12(16(22)23)9-20(11)15(21)14-6-5-13(24-14)10-25-17-18-7-8-19(17)2/h5-8,11-12H,3-4,9-10H2,1-2H3,(H,22,23). The third-order valence-electron chi connectivity index (χ3n) is 4.49. The number of amides is 1. The lowest BCUT2D eigenvalue weighted by Crippen LogP contribution is -2.47. The second kappa shape index (κ2) is 7.35. The molecule has 2 aromatic rings. The molecule has 1 N–H and O–H groups in total. The number of aromatic nitrogens is 2. The smallest absolute Gasteiger partial charge is 0.308 e. The van der Waals surface area contributed by atoms with Gasteiger partial charge in [-0.25, -0.2) is 4.98 Å². The van der Waals surface area contributed by atoms with E-state index in [2.05, 4.69) is 4.98 Å². The molecule has 134 valence electrons. The van der Waals surface area contributed by atoms with Gasteiger partial charge in [0.2, 0.25) is 0 Å². The summed E-state index contributed by atoms with van der Waals surface area (Å²) in [5.74, 6) is -0.0773. The van der Waals surface area contributed by atoms with Gasteiger partial charge in [-0.2, -0.15) is 0 Å². The summed E-state index contributed by atoms with van der Waals surface area (Å²) in [6, 6.07) is 3.46. The summed E-state index contributed by atoms with van der Waals surface area (Å²) in [4.78, 5) is 29.8. The number of carbonyl (C=O) groups excluding carboxylic acids is 1. The van der Waals surface area contributed by atoms with Crippen LogP contribution in [0.25, 0.3) is 0 Å². The largest absolute Gasteiger partial charge is 0.481 e. The van der Waals surface area contributed by atoms with E-state index in [4.69, 9.17) is 4.42 Å². The molecule has 3 heterocycles. The van der Waals surface area contributed by atoms with E-state index in [0.717, 1.165) is 5.16 Å². The van der Waals surface area contributed by atoms with Crippen molar-refractivity contribution < 1.29 is 19.1 Å². The van der Waals surface area contributed by atoms with Gasteiger partial charge >= 0.3 is 5.97 Å². The molecule has 1 aliphatic heterocycles. The number of rotatable bonds is 5. The number of carbonyl (C=O) groups is 2. The van der Waals surface area contributed by atoms with E-state index >= 15 is 0 Å². The van der Waals surface area contributed by atoms with Crippen LogP contribution in [-0.2, 0) is 17.6 Å². The monoisotopic (exact) mass is 363 g/mol. The van der Waals surface area contributed by atoms with Crippen LogP contribution in [-0.4, -0.2) is 44.0 Å². The van der Waals surface area contributed by atoms with Crippen LogP contribution in [0.2, 0.25) is 0 Å². The average molecular weight is 363 g/mol.